The number of fused-ring (bicyclic) bond motifs is 1. The fraction of sp³-hybridized carbons (Fsp3) is 0.400. The van der Waals surface area contributed by atoms with Gasteiger partial charge in [0.2, 0.25) is 0 Å². The first-order valence-corrected chi connectivity index (χ1v) is 11.0. The SMILES string of the molecule is CC(=O)OC[C@H]1O[C@@H](N=Cc2cccc3ccccc23)[C@H](OC(C)=O)[C@@H](OC(C)=O)[C@H]1OC(C)=O. The van der Waals surface area contributed by atoms with E-state index < -0.39 is 54.5 Å². The second kappa shape index (κ2) is 11.6. The number of hydrogen-bond donors (Lipinski definition) is 0. The Hall–Kier alpha value is -3.79. The molecule has 5 atom stereocenters. The van der Waals surface area contributed by atoms with E-state index in [4.69, 9.17) is 23.7 Å². The molecule has 0 aliphatic carbocycles. The summed E-state index contributed by atoms with van der Waals surface area (Å²) in [5, 5.41) is 1.93. The van der Waals surface area contributed by atoms with Gasteiger partial charge >= 0.3 is 23.9 Å². The second-order valence-corrected chi connectivity index (χ2v) is 7.94. The van der Waals surface area contributed by atoms with Crippen molar-refractivity contribution < 1.29 is 42.9 Å². The molecule has 10 heteroatoms. The summed E-state index contributed by atoms with van der Waals surface area (Å²) in [5.41, 5.74) is 0.774. The van der Waals surface area contributed by atoms with Gasteiger partial charge in [-0.25, -0.2) is 0 Å². The smallest absolute Gasteiger partial charge is 0.303 e. The van der Waals surface area contributed by atoms with E-state index in [1.54, 1.807) is 6.21 Å². The lowest BCUT2D eigenvalue weighted by atomic mass is 9.97. The molecule has 1 aliphatic rings. The van der Waals surface area contributed by atoms with Crippen LogP contribution in [0.1, 0.15) is 33.3 Å². The van der Waals surface area contributed by atoms with Gasteiger partial charge in [0.1, 0.15) is 12.7 Å². The van der Waals surface area contributed by atoms with Gasteiger partial charge in [-0.3, -0.25) is 24.2 Å². The highest BCUT2D eigenvalue weighted by molar-refractivity contribution is 5.99. The van der Waals surface area contributed by atoms with E-state index in [0.717, 1.165) is 16.3 Å². The predicted octanol–water partition coefficient (Wildman–Crippen LogP) is 2.34. The molecule has 10 nitrogen and oxygen atoms in total. The highest BCUT2D eigenvalue weighted by Crippen LogP contribution is 2.30. The molecule has 35 heavy (non-hydrogen) atoms. The normalized spacial score (nSPS) is 24.1. The molecule has 0 spiro atoms. The van der Waals surface area contributed by atoms with Crippen LogP contribution >= 0.6 is 0 Å². The summed E-state index contributed by atoms with van der Waals surface area (Å²) in [6.07, 6.45) is -4.36. The van der Waals surface area contributed by atoms with Crippen molar-refractivity contribution >= 4 is 40.9 Å². The standard InChI is InChI=1S/C25H27NO9/c1-14(27)31-13-21-22(32-15(2)28)23(33-16(3)29)24(34-17(4)30)25(35-21)26-12-19-10-7-9-18-8-5-6-11-20(18)19/h5-12,21-25H,13H2,1-4H3/t21-,22+,23+,24-,25-/m1/s1. The largest absolute Gasteiger partial charge is 0.463 e. The third kappa shape index (κ3) is 6.86. The van der Waals surface area contributed by atoms with Crippen LogP contribution < -0.4 is 0 Å². The monoisotopic (exact) mass is 485 g/mol. The van der Waals surface area contributed by atoms with Crippen molar-refractivity contribution in [1.29, 1.82) is 0 Å². The Balaban J connectivity index is 2.02. The number of hydrogen-bond acceptors (Lipinski definition) is 10. The van der Waals surface area contributed by atoms with Crippen LogP contribution in [0.25, 0.3) is 10.8 Å². The van der Waals surface area contributed by atoms with Crippen LogP contribution in [0.3, 0.4) is 0 Å². The molecule has 186 valence electrons. The third-order valence-corrected chi connectivity index (χ3v) is 5.15. The van der Waals surface area contributed by atoms with E-state index >= 15 is 0 Å². The van der Waals surface area contributed by atoms with E-state index in [1.165, 1.54) is 27.7 Å². The second-order valence-electron chi connectivity index (χ2n) is 7.94. The zero-order chi connectivity index (χ0) is 25.5. The Morgan fingerprint density at radius 3 is 2.06 bits per heavy atom. The minimum Gasteiger partial charge on any atom is -0.463 e. The van der Waals surface area contributed by atoms with Gasteiger partial charge in [-0.15, -0.1) is 0 Å². The first kappa shape index (κ1) is 25.8. The molecule has 2 aromatic carbocycles. The molecule has 0 saturated carbocycles. The van der Waals surface area contributed by atoms with Gasteiger partial charge in [0.05, 0.1) is 0 Å². The molecule has 0 radical (unpaired) electrons. The van der Waals surface area contributed by atoms with E-state index in [1.807, 2.05) is 42.5 Å². The van der Waals surface area contributed by atoms with Crippen LogP contribution in [-0.4, -0.2) is 67.3 Å². The van der Waals surface area contributed by atoms with Gasteiger partial charge in [0, 0.05) is 39.5 Å². The van der Waals surface area contributed by atoms with Crippen molar-refractivity contribution in [2.24, 2.45) is 4.99 Å². The maximum atomic E-state index is 11.9. The zero-order valence-corrected chi connectivity index (χ0v) is 19.8. The average molecular weight is 485 g/mol. The summed E-state index contributed by atoms with van der Waals surface area (Å²) in [6, 6.07) is 13.4. The predicted molar refractivity (Wildman–Crippen MR) is 123 cm³/mol. The van der Waals surface area contributed by atoms with Crippen molar-refractivity contribution in [1.82, 2.24) is 0 Å². The number of esters is 4. The summed E-state index contributed by atoms with van der Waals surface area (Å²) in [4.78, 5) is 51.6. The Kier molecular flexibility index (Phi) is 8.53. The van der Waals surface area contributed by atoms with Crippen molar-refractivity contribution in [3.8, 4) is 0 Å². The molecule has 0 N–H and O–H groups in total. The van der Waals surface area contributed by atoms with Crippen LogP contribution in [0.15, 0.2) is 47.5 Å². The zero-order valence-electron chi connectivity index (χ0n) is 19.8. The molecule has 2 aromatic rings. The highest BCUT2D eigenvalue weighted by atomic mass is 16.7. The lowest BCUT2D eigenvalue weighted by Crippen LogP contribution is -2.62. The lowest BCUT2D eigenvalue weighted by Gasteiger charge is -2.43. The maximum absolute atomic E-state index is 11.9. The summed E-state index contributed by atoms with van der Waals surface area (Å²) >= 11 is 0. The molecule has 0 aromatic heterocycles. The van der Waals surface area contributed by atoms with Gasteiger partial charge < -0.3 is 23.7 Å². The summed E-state index contributed by atoms with van der Waals surface area (Å²) in [5.74, 6) is -2.66. The topological polar surface area (TPSA) is 127 Å². The van der Waals surface area contributed by atoms with Crippen molar-refractivity contribution in [3.63, 3.8) is 0 Å². The van der Waals surface area contributed by atoms with E-state index in [2.05, 4.69) is 4.99 Å². The molecule has 1 saturated heterocycles. The van der Waals surface area contributed by atoms with E-state index in [9.17, 15) is 19.2 Å². The Bertz CT molecular complexity index is 1120. The summed E-state index contributed by atoms with van der Waals surface area (Å²) in [6.45, 7) is 4.42. The molecule has 1 heterocycles. The molecule has 0 amide bonds. The quantitative estimate of drug-likeness (QED) is 0.330. The van der Waals surface area contributed by atoms with E-state index in [0.29, 0.717) is 0 Å². The number of benzene rings is 2. The number of carbonyl (C=O) groups excluding carboxylic acids is 4. The minimum absolute atomic E-state index is 0.307. The molecular formula is C25H27NO9. The molecule has 3 rings (SSSR count). The average Bonchev–Trinajstić information content (AvgIpc) is 2.78. The van der Waals surface area contributed by atoms with Gasteiger partial charge in [-0.1, -0.05) is 42.5 Å². The number of ether oxygens (including phenoxy) is 5. The van der Waals surface area contributed by atoms with Crippen LogP contribution in [0.5, 0.6) is 0 Å². The first-order chi connectivity index (χ1) is 16.7. The van der Waals surface area contributed by atoms with Crippen LogP contribution in [0.2, 0.25) is 0 Å². The molecule has 1 fully saturated rings. The third-order valence-electron chi connectivity index (χ3n) is 5.15. The highest BCUT2D eigenvalue weighted by Gasteiger charge is 2.52. The van der Waals surface area contributed by atoms with E-state index in [-0.39, 0.29) is 6.61 Å². The van der Waals surface area contributed by atoms with Crippen LogP contribution in [0, 0.1) is 0 Å². The van der Waals surface area contributed by atoms with Gasteiger partial charge in [-0.05, 0) is 10.8 Å². The van der Waals surface area contributed by atoms with Crippen molar-refractivity contribution in [2.75, 3.05) is 6.61 Å². The number of carbonyl (C=O) groups is 4. The van der Waals surface area contributed by atoms with Gasteiger partial charge in [0.25, 0.3) is 0 Å². The van der Waals surface area contributed by atoms with Gasteiger partial charge in [-0.2, -0.15) is 0 Å². The molecular weight excluding hydrogens is 458 g/mol. The number of rotatable bonds is 7. The maximum Gasteiger partial charge on any atom is 0.303 e. The number of aliphatic imine (C=N–C) groups is 1. The van der Waals surface area contributed by atoms with Crippen molar-refractivity contribution in [3.05, 3.63) is 48.0 Å². The summed E-state index contributed by atoms with van der Waals surface area (Å²) < 4.78 is 27.3. The summed E-state index contributed by atoms with van der Waals surface area (Å²) in [7, 11) is 0. The first-order valence-electron chi connectivity index (χ1n) is 11.0. The molecule has 1 aliphatic heterocycles. The number of nitrogens with zero attached hydrogens (tertiary/aromatic N) is 1. The molecule has 0 bridgehead atoms. The minimum atomic E-state index is -1.26. The van der Waals surface area contributed by atoms with Gasteiger partial charge in [0.15, 0.2) is 24.5 Å². The fourth-order valence-corrected chi connectivity index (χ4v) is 3.84. The van der Waals surface area contributed by atoms with Crippen LogP contribution in [-0.2, 0) is 42.9 Å². The Labute approximate surface area is 202 Å². The van der Waals surface area contributed by atoms with Crippen molar-refractivity contribution in [2.45, 2.75) is 58.3 Å². The Morgan fingerprint density at radius 2 is 1.40 bits per heavy atom. The lowest BCUT2D eigenvalue weighted by molar-refractivity contribution is -0.250. The van der Waals surface area contributed by atoms with Crippen LogP contribution in [0.4, 0.5) is 0 Å². The molecule has 0 unspecified atom stereocenters. The fourth-order valence-electron chi connectivity index (χ4n) is 3.84. The Morgan fingerprint density at radius 1 is 0.800 bits per heavy atom.